The molecule has 1 aliphatic rings. The molecule has 7 heteroatoms. The number of amides is 1. The van der Waals surface area contributed by atoms with E-state index in [0.29, 0.717) is 28.5 Å². The molecule has 0 radical (unpaired) electrons. The molecule has 1 aromatic carbocycles. The first-order valence-electron chi connectivity index (χ1n) is 7.25. The van der Waals surface area contributed by atoms with Crippen LogP contribution >= 0.6 is 23.2 Å². The molecule has 122 valence electrons. The van der Waals surface area contributed by atoms with E-state index in [-0.39, 0.29) is 5.25 Å². The molecule has 0 saturated heterocycles. The molecular formula is C15H19Cl2NO3S. The van der Waals surface area contributed by atoms with Crippen molar-refractivity contribution in [3.8, 4) is 0 Å². The summed E-state index contributed by atoms with van der Waals surface area (Å²) in [5, 5.41) is 3.31. The minimum Gasteiger partial charge on any atom is -0.349 e. The van der Waals surface area contributed by atoms with E-state index in [1.165, 1.54) is 0 Å². The predicted octanol–water partition coefficient (Wildman–Crippen LogP) is 3.53. The number of halogens is 2. The molecule has 4 nitrogen and oxygen atoms in total. The van der Waals surface area contributed by atoms with Crippen molar-refractivity contribution in [2.45, 2.75) is 43.9 Å². The van der Waals surface area contributed by atoms with E-state index in [2.05, 4.69) is 5.32 Å². The molecule has 0 bridgehead atoms. The first-order valence-corrected chi connectivity index (χ1v) is 9.72. The zero-order chi connectivity index (χ0) is 16.3. The average molecular weight is 364 g/mol. The van der Waals surface area contributed by atoms with Gasteiger partial charge in [-0.3, -0.25) is 4.79 Å². The molecular weight excluding hydrogens is 345 g/mol. The van der Waals surface area contributed by atoms with Crippen molar-refractivity contribution in [1.29, 1.82) is 0 Å². The molecule has 1 amide bonds. The molecule has 1 aromatic rings. The van der Waals surface area contributed by atoms with Crippen LogP contribution in [0.15, 0.2) is 18.2 Å². The van der Waals surface area contributed by atoms with Crippen molar-refractivity contribution in [3.63, 3.8) is 0 Å². The number of sulfone groups is 1. The van der Waals surface area contributed by atoms with Gasteiger partial charge in [-0.2, -0.15) is 0 Å². The molecule has 1 atom stereocenters. The van der Waals surface area contributed by atoms with E-state index >= 15 is 0 Å². The van der Waals surface area contributed by atoms with Gasteiger partial charge in [0.1, 0.15) is 5.75 Å². The van der Waals surface area contributed by atoms with Crippen molar-refractivity contribution >= 4 is 38.9 Å². The Morgan fingerprint density at radius 3 is 2.59 bits per heavy atom. The lowest BCUT2D eigenvalue weighted by atomic mass is 10.1. The maximum atomic E-state index is 12.2. The van der Waals surface area contributed by atoms with Crippen molar-refractivity contribution < 1.29 is 13.2 Å². The highest BCUT2D eigenvalue weighted by atomic mass is 35.5. The predicted molar refractivity (Wildman–Crippen MR) is 89.1 cm³/mol. The van der Waals surface area contributed by atoms with Gasteiger partial charge >= 0.3 is 0 Å². The van der Waals surface area contributed by atoms with E-state index in [1.807, 2.05) is 0 Å². The van der Waals surface area contributed by atoms with Gasteiger partial charge in [0.25, 0.3) is 0 Å². The van der Waals surface area contributed by atoms with Crippen LogP contribution in [0.25, 0.3) is 0 Å². The van der Waals surface area contributed by atoms with Crippen molar-refractivity contribution in [3.05, 3.63) is 33.8 Å². The SMILES string of the molecule is C[C@@H](NC(=O)CS(=O)(=O)C1CCCC1)c1cc(Cl)ccc1Cl. The average Bonchev–Trinajstić information content (AvgIpc) is 2.95. The summed E-state index contributed by atoms with van der Waals surface area (Å²) in [6.45, 7) is 1.75. The van der Waals surface area contributed by atoms with Gasteiger partial charge in [-0.1, -0.05) is 36.0 Å². The summed E-state index contributed by atoms with van der Waals surface area (Å²) in [5.41, 5.74) is 0.667. The molecule has 0 heterocycles. The van der Waals surface area contributed by atoms with Gasteiger partial charge in [-0.25, -0.2) is 8.42 Å². The lowest BCUT2D eigenvalue weighted by molar-refractivity contribution is -0.119. The van der Waals surface area contributed by atoms with Gasteiger partial charge in [0.05, 0.1) is 11.3 Å². The second kappa shape index (κ2) is 7.20. The van der Waals surface area contributed by atoms with Crippen LogP contribution in [0.3, 0.4) is 0 Å². The summed E-state index contributed by atoms with van der Waals surface area (Å²) in [7, 11) is -3.38. The van der Waals surface area contributed by atoms with Crippen LogP contribution in [0.5, 0.6) is 0 Å². The first kappa shape index (κ1) is 17.6. The number of hydrogen-bond donors (Lipinski definition) is 1. The minimum atomic E-state index is -3.38. The summed E-state index contributed by atoms with van der Waals surface area (Å²) >= 11 is 12.0. The Morgan fingerprint density at radius 1 is 1.32 bits per heavy atom. The van der Waals surface area contributed by atoms with Gasteiger partial charge in [-0.05, 0) is 43.5 Å². The van der Waals surface area contributed by atoms with E-state index < -0.39 is 27.5 Å². The quantitative estimate of drug-likeness (QED) is 0.869. The summed E-state index contributed by atoms with van der Waals surface area (Å²) in [6, 6.07) is 4.57. The Balaban J connectivity index is 2.00. The highest BCUT2D eigenvalue weighted by Gasteiger charge is 2.31. The summed E-state index contributed by atoms with van der Waals surface area (Å²) in [4.78, 5) is 12.0. The Bertz CT molecular complexity index is 655. The van der Waals surface area contributed by atoms with Crippen molar-refractivity contribution in [2.24, 2.45) is 0 Å². The molecule has 0 aromatic heterocycles. The summed E-state index contributed by atoms with van der Waals surface area (Å²) in [6.07, 6.45) is 3.15. The topological polar surface area (TPSA) is 63.2 Å². The molecule has 1 fully saturated rings. The van der Waals surface area contributed by atoms with Crippen LogP contribution < -0.4 is 5.32 Å². The lowest BCUT2D eigenvalue weighted by Gasteiger charge is -2.17. The largest absolute Gasteiger partial charge is 0.349 e. The highest BCUT2D eigenvalue weighted by molar-refractivity contribution is 7.92. The second-order valence-electron chi connectivity index (χ2n) is 5.67. The molecule has 22 heavy (non-hydrogen) atoms. The molecule has 0 spiro atoms. The number of carbonyl (C=O) groups excluding carboxylic acids is 1. The fourth-order valence-electron chi connectivity index (χ4n) is 2.76. The Kier molecular flexibility index (Phi) is 5.75. The minimum absolute atomic E-state index is 0.372. The van der Waals surface area contributed by atoms with Crippen LogP contribution in [0, 0.1) is 0 Å². The van der Waals surface area contributed by atoms with E-state index in [4.69, 9.17) is 23.2 Å². The van der Waals surface area contributed by atoms with Crippen LogP contribution in [-0.2, 0) is 14.6 Å². The van der Waals surface area contributed by atoms with Crippen LogP contribution in [0.1, 0.15) is 44.2 Å². The number of rotatable bonds is 5. The van der Waals surface area contributed by atoms with Gasteiger partial charge in [0.15, 0.2) is 9.84 Å². The molecule has 1 saturated carbocycles. The fraction of sp³-hybridized carbons (Fsp3) is 0.533. The maximum Gasteiger partial charge on any atom is 0.235 e. The van der Waals surface area contributed by atoms with Gasteiger partial charge in [0.2, 0.25) is 5.91 Å². The molecule has 0 aliphatic heterocycles. The third-order valence-electron chi connectivity index (χ3n) is 3.94. The Hall–Kier alpha value is -0.780. The Morgan fingerprint density at radius 2 is 1.95 bits per heavy atom. The monoisotopic (exact) mass is 363 g/mol. The van der Waals surface area contributed by atoms with E-state index in [1.54, 1.807) is 25.1 Å². The van der Waals surface area contributed by atoms with Crippen LogP contribution in [0.2, 0.25) is 10.0 Å². The van der Waals surface area contributed by atoms with Gasteiger partial charge in [0, 0.05) is 10.0 Å². The number of hydrogen-bond acceptors (Lipinski definition) is 3. The molecule has 1 N–H and O–H groups in total. The molecule has 2 rings (SSSR count). The van der Waals surface area contributed by atoms with E-state index in [0.717, 1.165) is 12.8 Å². The summed E-state index contributed by atoms with van der Waals surface area (Å²) in [5.74, 6) is -0.976. The molecule has 0 unspecified atom stereocenters. The number of nitrogens with one attached hydrogen (secondary N) is 1. The van der Waals surface area contributed by atoms with Crippen LogP contribution in [-0.4, -0.2) is 25.3 Å². The van der Waals surface area contributed by atoms with Gasteiger partial charge in [-0.15, -0.1) is 0 Å². The fourth-order valence-corrected chi connectivity index (χ4v) is 4.95. The third-order valence-corrected chi connectivity index (χ3v) is 6.68. The summed E-state index contributed by atoms with van der Waals surface area (Å²) < 4.78 is 24.3. The maximum absolute atomic E-state index is 12.2. The number of carbonyl (C=O) groups is 1. The van der Waals surface area contributed by atoms with E-state index in [9.17, 15) is 13.2 Å². The van der Waals surface area contributed by atoms with Crippen molar-refractivity contribution in [2.75, 3.05) is 5.75 Å². The van der Waals surface area contributed by atoms with Gasteiger partial charge < -0.3 is 5.32 Å². The zero-order valence-corrected chi connectivity index (χ0v) is 14.6. The van der Waals surface area contributed by atoms with Crippen molar-refractivity contribution in [1.82, 2.24) is 5.32 Å². The smallest absolute Gasteiger partial charge is 0.235 e. The molecule has 1 aliphatic carbocycles. The van der Waals surface area contributed by atoms with Crippen LogP contribution in [0.4, 0.5) is 0 Å². The highest BCUT2D eigenvalue weighted by Crippen LogP contribution is 2.27. The first-order chi connectivity index (χ1) is 10.3. The second-order valence-corrected chi connectivity index (χ2v) is 8.79. The standard InChI is InChI=1S/C15H19Cl2NO3S/c1-10(13-8-11(16)6-7-14(13)17)18-15(19)9-22(20,21)12-4-2-3-5-12/h6-8,10,12H,2-5,9H2,1H3,(H,18,19)/t10-/m1/s1. The zero-order valence-electron chi connectivity index (χ0n) is 12.3. The third kappa shape index (κ3) is 4.37. The Labute approximate surface area is 141 Å². The number of benzene rings is 1. The normalized spacial score (nSPS) is 17.4. The lowest BCUT2D eigenvalue weighted by Crippen LogP contribution is -2.35.